The molecule has 2 aliphatic heterocycles. The van der Waals surface area contributed by atoms with E-state index < -0.39 is 17.6 Å². The molecule has 2 aromatic rings. The van der Waals surface area contributed by atoms with Crippen LogP contribution in [0.25, 0.3) is 0 Å². The van der Waals surface area contributed by atoms with Crippen molar-refractivity contribution in [2.45, 2.75) is 6.18 Å². The van der Waals surface area contributed by atoms with Crippen LogP contribution in [0.15, 0.2) is 36.5 Å². The SMILES string of the molecule is O=C(c1cccc(C(F)(F)F)c1)N1CCN(c2ccnc(N3CCOCC3)n2)CC1. The molecule has 160 valence electrons. The Morgan fingerprint density at radius 1 is 0.967 bits per heavy atom. The van der Waals surface area contributed by atoms with E-state index in [2.05, 4.69) is 19.8 Å². The van der Waals surface area contributed by atoms with Crippen molar-refractivity contribution in [3.8, 4) is 0 Å². The summed E-state index contributed by atoms with van der Waals surface area (Å²) in [6.45, 7) is 4.67. The van der Waals surface area contributed by atoms with Crippen molar-refractivity contribution in [3.63, 3.8) is 0 Å². The molecule has 0 spiro atoms. The molecule has 4 rings (SSSR count). The van der Waals surface area contributed by atoms with E-state index in [0.29, 0.717) is 45.3 Å². The highest BCUT2D eigenvalue weighted by Crippen LogP contribution is 2.30. The number of morpholine rings is 1. The molecule has 0 bridgehead atoms. The second-order valence-corrected chi connectivity index (χ2v) is 7.17. The van der Waals surface area contributed by atoms with Gasteiger partial charge < -0.3 is 19.4 Å². The van der Waals surface area contributed by atoms with Gasteiger partial charge in [0.1, 0.15) is 5.82 Å². The van der Waals surface area contributed by atoms with Gasteiger partial charge in [-0.3, -0.25) is 4.79 Å². The molecule has 2 fully saturated rings. The molecule has 0 aliphatic carbocycles. The van der Waals surface area contributed by atoms with Crippen molar-refractivity contribution >= 4 is 17.7 Å². The second kappa shape index (κ2) is 8.47. The Bertz CT molecular complexity index is 894. The van der Waals surface area contributed by atoms with E-state index >= 15 is 0 Å². The van der Waals surface area contributed by atoms with Gasteiger partial charge in [0, 0.05) is 51.0 Å². The normalized spacial score (nSPS) is 17.9. The Hall–Kier alpha value is -2.88. The predicted molar refractivity (Wildman–Crippen MR) is 105 cm³/mol. The molecule has 2 saturated heterocycles. The number of aromatic nitrogens is 2. The van der Waals surface area contributed by atoms with Crippen LogP contribution in [0.5, 0.6) is 0 Å². The lowest BCUT2D eigenvalue weighted by Gasteiger charge is -2.36. The number of anilines is 2. The van der Waals surface area contributed by atoms with Crippen LogP contribution < -0.4 is 9.80 Å². The van der Waals surface area contributed by atoms with Gasteiger partial charge in [-0.1, -0.05) is 6.07 Å². The molecule has 2 aliphatic rings. The molecular formula is C20H22F3N5O2. The Kier molecular flexibility index (Phi) is 5.76. The van der Waals surface area contributed by atoms with Crippen molar-refractivity contribution in [3.05, 3.63) is 47.7 Å². The van der Waals surface area contributed by atoms with E-state index in [9.17, 15) is 18.0 Å². The topological polar surface area (TPSA) is 61.8 Å². The highest BCUT2D eigenvalue weighted by molar-refractivity contribution is 5.94. The first-order valence-corrected chi connectivity index (χ1v) is 9.79. The largest absolute Gasteiger partial charge is 0.416 e. The van der Waals surface area contributed by atoms with Gasteiger partial charge in [-0.25, -0.2) is 4.98 Å². The van der Waals surface area contributed by atoms with Gasteiger partial charge in [-0.15, -0.1) is 0 Å². The van der Waals surface area contributed by atoms with E-state index in [0.717, 1.165) is 31.0 Å². The van der Waals surface area contributed by atoms with Crippen LogP contribution in [0.2, 0.25) is 0 Å². The Morgan fingerprint density at radius 3 is 2.40 bits per heavy atom. The third kappa shape index (κ3) is 4.48. The van der Waals surface area contributed by atoms with Crippen LogP contribution in [0.1, 0.15) is 15.9 Å². The first-order valence-electron chi connectivity index (χ1n) is 9.79. The maximum absolute atomic E-state index is 12.9. The summed E-state index contributed by atoms with van der Waals surface area (Å²) in [6, 6.07) is 6.39. The number of alkyl halides is 3. The molecule has 0 N–H and O–H groups in total. The van der Waals surface area contributed by atoms with Crippen molar-refractivity contribution in [1.29, 1.82) is 0 Å². The average molecular weight is 421 g/mol. The number of hydrogen-bond donors (Lipinski definition) is 0. The lowest BCUT2D eigenvalue weighted by Crippen LogP contribution is -2.49. The van der Waals surface area contributed by atoms with E-state index in [4.69, 9.17) is 4.74 Å². The van der Waals surface area contributed by atoms with Crippen LogP contribution in [-0.2, 0) is 10.9 Å². The molecule has 3 heterocycles. The fraction of sp³-hybridized carbons (Fsp3) is 0.450. The lowest BCUT2D eigenvalue weighted by atomic mass is 10.1. The number of nitrogens with zero attached hydrogens (tertiary/aromatic N) is 5. The molecule has 0 atom stereocenters. The predicted octanol–water partition coefficient (Wildman–Crippen LogP) is 2.29. The molecule has 0 saturated carbocycles. The third-order valence-corrected chi connectivity index (χ3v) is 5.25. The Balaban J connectivity index is 1.40. The van der Waals surface area contributed by atoms with Gasteiger partial charge in [-0.2, -0.15) is 18.2 Å². The van der Waals surface area contributed by atoms with Gasteiger partial charge in [0.15, 0.2) is 0 Å². The number of rotatable bonds is 3. The molecular weight excluding hydrogens is 399 g/mol. The van der Waals surface area contributed by atoms with Crippen molar-refractivity contribution in [2.24, 2.45) is 0 Å². The summed E-state index contributed by atoms with van der Waals surface area (Å²) in [5.41, 5.74) is -0.765. The first kappa shape index (κ1) is 20.4. The van der Waals surface area contributed by atoms with E-state index in [-0.39, 0.29) is 5.56 Å². The lowest BCUT2D eigenvalue weighted by molar-refractivity contribution is -0.137. The molecule has 0 unspecified atom stereocenters. The number of benzene rings is 1. The number of hydrogen-bond acceptors (Lipinski definition) is 6. The van der Waals surface area contributed by atoms with Crippen LogP contribution in [-0.4, -0.2) is 73.3 Å². The quantitative estimate of drug-likeness (QED) is 0.758. The van der Waals surface area contributed by atoms with Gasteiger partial charge in [0.2, 0.25) is 5.95 Å². The monoisotopic (exact) mass is 421 g/mol. The van der Waals surface area contributed by atoms with Gasteiger partial charge in [-0.05, 0) is 24.3 Å². The highest BCUT2D eigenvalue weighted by Gasteiger charge is 2.32. The van der Waals surface area contributed by atoms with Crippen LogP contribution >= 0.6 is 0 Å². The molecule has 30 heavy (non-hydrogen) atoms. The number of amides is 1. The minimum Gasteiger partial charge on any atom is -0.378 e. The number of carbonyl (C=O) groups is 1. The van der Waals surface area contributed by atoms with E-state index in [1.54, 1.807) is 11.1 Å². The summed E-state index contributed by atoms with van der Waals surface area (Å²) in [4.78, 5) is 27.4. The summed E-state index contributed by atoms with van der Waals surface area (Å²) in [5, 5.41) is 0. The van der Waals surface area contributed by atoms with E-state index in [1.807, 2.05) is 6.07 Å². The molecule has 1 aromatic carbocycles. The number of carbonyl (C=O) groups excluding carboxylic acids is 1. The molecule has 1 amide bonds. The van der Waals surface area contributed by atoms with Gasteiger partial charge in [0.05, 0.1) is 18.8 Å². The fourth-order valence-corrected chi connectivity index (χ4v) is 3.58. The van der Waals surface area contributed by atoms with Crippen LogP contribution in [0.4, 0.5) is 24.9 Å². The van der Waals surface area contributed by atoms with Crippen LogP contribution in [0.3, 0.4) is 0 Å². The maximum atomic E-state index is 12.9. The number of piperazine rings is 1. The summed E-state index contributed by atoms with van der Waals surface area (Å²) in [7, 11) is 0. The molecule has 10 heteroatoms. The third-order valence-electron chi connectivity index (χ3n) is 5.25. The van der Waals surface area contributed by atoms with Crippen molar-refractivity contribution < 1.29 is 22.7 Å². The summed E-state index contributed by atoms with van der Waals surface area (Å²) in [6.07, 6.45) is -2.76. The number of ether oxygens (including phenoxy) is 1. The summed E-state index contributed by atoms with van der Waals surface area (Å²) >= 11 is 0. The minimum absolute atomic E-state index is 0.0508. The summed E-state index contributed by atoms with van der Waals surface area (Å²) in [5.74, 6) is 1.04. The number of halogens is 3. The Labute approximate surface area is 172 Å². The maximum Gasteiger partial charge on any atom is 0.416 e. The zero-order chi connectivity index (χ0) is 21.1. The highest BCUT2D eigenvalue weighted by atomic mass is 19.4. The smallest absolute Gasteiger partial charge is 0.378 e. The zero-order valence-electron chi connectivity index (χ0n) is 16.3. The molecule has 0 radical (unpaired) electrons. The van der Waals surface area contributed by atoms with Crippen molar-refractivity contribution in [1.82, 2.24) is 14.9 Å². The zero-order valence-corrected chi connectivity index (χ0v) is 16.3. The average Bonchev–Trinajstić information content (AvgIpc) is 2.79. The van der Waals surface area contributed by atoms with E-state index in [1.165, 1.54) is 12.1 Å². The Morgan fingerprint density at radius 2 is 1.70 bits per heavy atom. The van der Waals surface area contributed by atoms with Gasteiger partial charge in [0.25, 0.3) is 5.91 Å². The van der Waals surface area contributed by atoms with Crippen molar-refractivity contribution in [2.75, 3.05) is 62.3 Å². The molecule has 1 aromatic heterocycles. The second-order valence-electron chi connectivity index (χ2n) is 7.17. The standard InChI is InChI=1S/C20H22F3N5O2/c21-20(22,23)16-3-1-2-15(14-16)18(29)27-8-6-26(7-9-27)17-4-5-24-19(25-17)28-10-12-30-13-11-28/h1-5,14H,6-13H2. The van der Waals surface area contributed by atoms with Crippen LogP contribution in [0, 0.1) is 0 Å². The molecule has 7 nitrogen and oxygen atoms in total. The summed E-state index contributed by atoms with van der Waals surface area (Å²) < 4.78 is 44.1. The minimum atomic E-state index is -4.47. The first-order chi connectivity index (χ1) is 14.4. The fourth-order valence-electron chi connectivity index (χ4n) is 3.58. The van der Waals surface area contributed by atoms with Gasteiger partial charge >= 0.3 is 6.18 Å².